The number of hydrogen-bond donors (Lipinski definition) is 0. The maximum absolute atomic E-state index is 6.95. The van der Waals surface area contributed by atoms with Gasteiger partial charge in [0.05, 0.1) is 0 Å². The molecule has 11 aromatic rings. The Balaban J connectivity index is 1.28. The van der Waals surface area contributed by atoms with Crippen molar-refractivity contribution in [2.24, 2.45) is 0 Å². The number of furan rings is 1. The maximum Gasteiger partial charge on any atom is 0.164 e. The van der Waals surface area contributed by atoms with Gasteiger partial charge in [-0.2, -0.15) is 0 Å². The zero-order chi connectivity index (χ0) is 53.5. The Labute approximate surface area is 458 Å². The highest BCUT2D eigenvalue weighted by Gasteiger charge is 2.30. The normalized spacial score (nSPS) is 11.7. The lowest BCUT2D eigenvalue weighted by atomic mass is 9.61. The van der Waals surface area contributed by atoms with Gasteiger partial charge in [-0.1, -0.05) is 160 Å². The Morgan fingerprint density at radius 3 is 1.27 bits per heavy atom. The molecule has 3 heterocycles. The largest absolute Gasteiger partial charge is 0.457 e. The van der Waals surface area contributed by atoms with E-state index in [0.717, 1.165) is 60.8 Å². The average Bonchev–Trinajstić information content (AvgIpc) is 3.99. The fraction of sp³-hybridized carbons (Fsp3) is 0. The third-order valence-corrected chi connectivity index (χ3v) is 18.7. The molecule has 0 unspecified atom stereocenters. The molecule has 0 spiro atoms. The minimum absolute atomic E-state index is 0.635. The second-order valence-electron chi connectivity index (χ2n) is 22.1. The van der Waals surface area contributed by atoms with Gasteiger partial charge in [0.25, 0.3) is 0 Å². The summed E-state index contributed by atoms with van der Waals surface area (Å²) in [7, 11) is 43.1. The van der Waals surface area contributed by atoms with Crippen molar-refractivity contribution >= 4 is 297 Å². The van der Waals surface area contributed by atoms with Crippen LogP contribution < -0.4 is 104 Å². The van der Waals surface area contributed by atoms with Crippen molar-refractivity contribution in [3.05, 3.63) is 78.9 Å². The van der Waals surface area contributed by atoms with Gasteiger partial charge in [0.15, 0.2) is 17.5 Å². The van der Waals surface area contributed by atoms with Crippen LogP contribution in [0.1, 0.15) is 0 Å². The van der Waals surface area contributed by atoms with E-state index in [0.29, 0.717) is 17.5 Å². The Bertz CT molecular complexity index is 4320. The fourth-order valence-electron chi connectivity index (χ4n) is 12.7. The van der Waals surface area contributed by atoms with Gasteiger partial charge in [0.2, 0.25) is 0 Å². The molecule has 0 aliphatic rings. The van der Waals surface area contributed by atoms with Crippen molar-refractivity contribution < 1.29 is 4.42 Å². The van der Waals surface area contributed by atoms with Gasteiger partial charge >= 0.3 is 0 Å². The van der Waals surface area contributed by atoms with Crippen LogP contribution in [0.25, 0.3) is 106 Å². The molecule has 0 aliphatic heterocycles. The van der Waals surface area contributed by atoms with Crippen LogP contribution >= 0.6 is 0 Å². The quantitative estimate of drug-likeness (QED) is 0.156. The van der Waals surface area contributed by atoms with Crippen LogP contribution in [0.15, 0.2) is 83.3 Å². The summed E-state index contributed by atoms with van der Waals surface area (Å²) >= 11 is 0. The lowest BCUT2D eigenvalue weighted by Crippen LogP contribution is -2.56. The Morgan fingerprint density at radius 1 is 0.280 bits per heavy atom. The second kappa shape index (κ2) is 18.4. The summed E-state index contributed by atoms with van der Waals surface area (Å²) in [6.07, 6.45) is 0. The molecule has 0 bridgehead atoms. The van der Waals surface area contributed by atoms with E-state index < -0.39 is 0 Å². The van der Waals surface area contributed by atoms with Crippen molar-refractivity contribution in [3.8, 4) is 62.1 Å². The van der Waals surface area contributed by atoms with Gasteiger partial charge < -0.3 is 8.98 Å². The number of fused-ring (bicyclic) bond motifs is 6. The van der Waals surface area contributed by atoms with Gasteiger partial charge in [-0.3, -0.25) is 0 Å². The van der Waals surface area contributed by atoms with E-state index in [1.165, 1.54) is 131 Å². The van der Waals surface area contributed by atoms with Crippen molar-refractivity contribution in [1.82, 2.24) is 19.5 Å². The lowest BCUT2D eigenvalue weighted by molar-refractivity contribution is 0.675. The molecular weight excluding hydrogens is 890 g/mol. The van der Waals surface area contributed by atoms with E-state index in [1.807, 2.05) is 0 Å². The van der Waals surface area contributed by atoms with E-state index in [4.69, 9.17) is 19.4 Å². The van der Waals surface area contributed by atoms with E-state index in [-0.39, 0.29) is 0 Å². The summed E-state index contributed by atoms with van der Waals surface area (Å²) < 4.78 is 9.58. The van der Waals surface area contributed by atoms with E-state index in [9.17, 15) is 0 Å². The summed E-state index contributed by atoms with van der Waals surface area (Å²) in [5.74, 6) is 1.96. The SMILES string of the molecule is Bc1c(B)c(B)c(-n2c3c(B)c(B)c(B)c(B)c3c3c(-c4nc(-c5cccc(-c6ccc(-c7ccccc7)cc6)c5)nc(-c5c(B)c(B)c6oc7c(B)c(B)c(B)c(B)c7c6c5B)n4)c(B)c(B)c(B)c32)c(B)c1B. The molecule has 0 N–H and O–H groups in total. The number of rotatable bonds is 6. The molecule has 0 saturated carbocycles. The van der Waals surface area contributed by atoms with Crippen LogP contribution in [0.2, 0.25) is 0 Å². The molecule has 338 valence electrons. The van der Waals surface area contributed by atoms with Crippen LogP contribution in [0.4, 0.5) is 0 Å². The molecule has 3 aromatic heterocycles. The molecule has 0 aliphatic carbocycles. The number of aromatic nitrogens is 4. The van der Waals surface area contributed by atoms with E-state index in [2.05, 4.69) is 233 Å². The molecule has 24 heteroatoms. The first kappa shape index (κ1) is 50.7. The molecule has 11 rings (SSSR count). The number of hydrogen-bond acceptors (Lipinski definition) is 4. The van der Waals surface area contributed by atoms with E-state index in [1.54, 1.807) is 0 Å². The second-order valence-corrected chi connectivity index (χ2v) is 22.1. The molecule has 0 radical (unpaired) electrons. The zero-order valence-electron chi connectivity index (χ0n) is 47.7. The molecular formula is C51H51B19N4O. The Morgan fingerprint density at radius 2 is 0.667 bits per heavy atom. The smallest absolute Gasteiger partial charge is 0.164 e. The van der Waals surface area contributed by atoms with Gasteiger partial charge in [-0.15, -0.1) is 16.4 Å². The molecule has 0 fully saturated rings. The highest BCUT2D eigenvalue weighted by atomic mass is 16.3. The Hall–Kier alpha value is -6.40. The predicted octanol–water partition coefficient (Wildman–Crippen LogP) is -19.9. The van der Waals surface area contributed by atoms with Crippen molar-refractivity contribution in [3.63, 3.8) is 0 Å². The minimum Gasteiger partial charge on any atom is -0.457 e. The Kier molecular flexibility index (Phi) is 12.5. The van der Waals surface area contributed by atoms with Gasteiger partial charge in [0.1, 0.15) is 160 Å². The lowest BCUT2D eigenvalue weighted by Gasteiger charge is -2.25. The summed E-state index contributed by atoms with van der Waals surface area (Å²) in [5.41, 5.74) is 37.1. The number of nitrogens with zero attached hydrogens (tertiary/aromatic N) is 4. The van der Waals surface area contributed by atoms with Gasteiger partial charge in [-0.25, -0.2) is 15.0 Å². The summed E-state index contributed by atoms with van der Waals surface area (Å²) in [4.78, 5) is 17.1. The maximum atomic E-state index is 6.95. The third-order valence-electron chi connectivity index (χ3n) is 18.7. The monoisotopic (exact) mass is 945 g/mol. The standard InChI is InChI=1S/C51H51B19N4O/c52-25-21-22-27(54)31(58)37(64)43(70)48(22)75-47(21)42(69)29(56)24(25)51-72-49(18-8-4-7-17(13-18)16-11-9-15(10-12-16)14-5-2-1-3-6-14)71-50(73-51)23-19-20-26(53)30(57)34(61)39(66)45(20)74(44(19)38(65)32(59)28(23)55)46-40(67)35(62)33(60)36(63)41(46)68/h1-13H,52-70H2. The first-order chi connectivity index (χ1) is 35.7. The van der Waals surface area contributed by atoms with Crippen LogP contribution in [-0.2, 0) is 0 Å². The van der Waals surface area contributed by atoms with Crippen molar-refractivity contribution in [2.75, 3.05) is 0 Å². The van der Waals surface area contributed by atoms with Crippen molar-refractivity contribution in [2.45, 2.75) is 0 Å². The fourth-order valence-corrected chi connectivity index (χ4v) is 12.7. The van der Waals surface area contributed by atoms with E-state index >= 15 is 0 Å². The summed E-state index contributed by atoms with van der Waals surface area (Å²) in [6, 6.07) is 28.2. The summed E-state index contributed by atoms with van der Waals surface area (Å²) in [6.45, 7) is 0. The molecule has 0 saturated heterocycles. The topological polar surface area (TPSA) is 56.7 Å². The van der Waals surface area contributed by atoms with Crippen LogP contribution in [0.5, 0.6) is 0 Å². The van der Waals surface area contributed by atoms with Gasteiger partial charge in [0, 0.05) is 55.0 Å². The van der Waals surface area contributed by atoms with Crippen LogP contribution in [-0.4, -0.2) is 169 Å². The average molecular weight is 941 g/mol. The molecule has 75 heavy (non-hydrogen) atoms. The highest BCUT2D eigenvalue weighted by molar-refractivity contribution is 6.72. The zero-order valence-corrected chi connectivity index (χ0v) is 47.7. The summed E-state index contributed by atoms with van der Waals surface area (Å²) in [5, 5.41) is 4.76. The first-order valence-corrected chi connectivity index (χ1v) is 26.7. The van der Waals surface area contributed by atoms with Crippen LogP contribution in [0, 0.1) is 0 Å². The van der Waals surface area contributed by atoms with Crippen molar-refractivity contribution in [1.29, 1.82) is 0 Å². The first-order valence-electron chi connectivity index (χ1n) is 26.7. The van der Waals surface area contributed by atoms with Gasteiger partial charge in [-0.05, 0) is 28.3 Å². The van der Waals surface area contributed by atoms with Crippen LogP contribution in [0.3, 0.4) is 0 Å². The highest BCUT2D eigenvalue weighted by Crippen LogP contribution is 2.36. The minimum atomic E-state index is 0.635. The third kappa shape index (κ3) is 7.45. The molecule has 0 atom stereocenters. The predicted molar refractivity (Wildman–Crippen MR) is 384 cm³/mol. The molecule has 8 aromatic carbocycles. The molecule has 0 amide bonds. The number of benzene rings is 8. The molecule has 5 nitrogen and oxygen atoms in total.